The monoisotopic (exact) mass is 402 g/mol. The van der Waals surface area contributed by atoms with Crippen molar-refractivity contribution in [3.05, 3.63) is 60.2 Å². The van der Waals surface area contributed by atoms with Gasteiger partial charge in [-0.05, 0) is 75.7 Å². The first-order chi connectivity index (χ1) is 13.1. The van der Waals surface area contributed by atoms with Crippen LogP contribution in [0.15, 0.2) is 59.5 Å². The number of rotatable bonds is 7. The lowest BCUT2D eigenvalue weighted by Crippen LogP contribution is -2.40. The molecular formula is C21H26N2O4S. The van der Waals surface area contributed by atoms with E-state index in [1.807, 2.05) is 31.2 Å². The van der Waals surface area contributed by atoms with Crippen molar-refractivity contribution in [2.24, 2.45) is 0 Å². The summed E-state index contributed by atoms with van der Waals surface area (Å²) in [5, 5.41) is 2.71. The van der Waals surface area contributed by atoms with E-state index in [2.05, 4.69) is 10.0 Å². The lowest BCUT2D eigenvalue weighted by Gasteiger charge is -2.20. The minimum Gasteiger partial charge on any atom is -0.494 e. The molecule has 150 valence electrons. The van der Waals surface area contributed by atoms with E-state index < -0.39 is 15.6 Å². The number of carbonyl (C=O) groups excluding carboxylic acids is 1. The number of ether oxygens (including phenoxy) is 1. The molecular weight excluding hydrogens is 376 g/mol. The van der Waals surface area contributed by atoms with Crippen LogP contribution in [0.2, 0.25) is 0 Å². The number of sulfonamides is 1. The van der Waals surface area contributed by atoms with Crippen molar-refractivity contribution in [1.82, 2.24) is 4.72 Å². The Morgan fingerprint density at radius 3 is 2.18 bits per heavy atom. The van der Waals surface area contributed by atoms with Crippen LogP contribution >= 0.6 is 0 Å². The van der Waals surface area contributed by atoms with Gasteiger partial charge in [0.05, 0.1) is 11.5 Å². The molecule has 0 saturated carbocycles. The zero-order chi connectivity index (χ0) is 20.8. The molecule has 0 fully saturated rings. The summed E-state index contributed by atoms with van der Waals surface area (Å²) in [6.45, 7) is 7.84. The van der Waals surface area contributed by atoms with Gasteiger partial charge < -0.3 is 10.1 Å². The van der Waals surface area contributed by atoms with Gasteiger partial charge >= 0.3 is 0 Å². The number of carbonyl (C=O) groups is 1. The third-order valence-corrected chi connectivity index (χ3v) is 5.26. The number of nitrogens with one attached hydrogen (secondary N) is 2. The topological polar surface area (TPSA) is 84.5 Å². The standard InChI is InChI=1S/C21H26N2O4S/c1-5-27-18-11-6-16(7-12-18)8-15-20(24)22-17-9-13-19(14-10-17)28(25,26)23-21(2,3)4/h6-15,23H,5H2,1-4H3,(H,22,24)/b15-8+. The van der Waals surface area contributed by atoms with Crippen LogP contribution in [0.3, 0.4) is 0 Å². The number of anilines is 1. The molecule has 2 aromatic rings. The number of benzene rings is 2. The van der Waals surface area contributed by atoms with E-state index >= 15 is 0 Å². The molecule has 0 heterocycles. The maximum atomic E-state index is 12.3. The molecule has 0 unspecified atom stereocenters. The lowest BCUT2D eigenvalue weighted by molar-refractivity contribution is -0.111. The van der Waals surface area contributed by atoms with Gasteiger partial charge in [-0.1, -0.05) is 12.1 Å². The normalized spacial score (nSPS) is 12.1. The van der Waals surface area contributed by atoms with Gasteiger partial charge in [0.2, 0.25) is 15.9 Å². The molecule has 28 heavy (non-hydrogen) atoms. The second-order valence-electron chi connectivity index (χ2n) is 7.20. The Kier molecular flexibility index (Phi) is 6.99. The number of hydrogen-bond acceptors (Lipinski definition) is 4. The van der Waals surface area contributed by atoms with Crippen LogP contribution in [-0.4, -0.2) is 26.5 Å². The summed E-state index contributed by atoms with van der Waals surface area (Å²) in [5.74, 6) is 0.470. The fourth-order valence-electron chi connectivity index (χ4n) is 2.38. The number of amides is 1. The van der Waals surface area contributed by atoms with Gasteiger partial charge in [0.1, 0.15) is 5.75 Å². The molecule has 1 amide bonds. The van der Waals surface area contributed by atoms with E-state index in [1.54, 1.807) is 39.0 Å². The Hall–Kier alpha value is -2.64. The van der Waals surface area contributed by atoms with Gasteiger partial charge in [0.25, 0.3) is 0 Å². The molecule has 2 aromatic carbocycles. The molecule has 0 aromatic heterocycles. The summed E-state index contributed by atoms with van der Waals surface area (Å²) >= 11 is 0. The van der Waals surface area contributed by atoms with Gasteiger partial charge in [0, 0.05) is 17.3 Å². The molecule has 6 nitrogen and oxygen atoms in total. The molecule has 2 N–H and O–H groups in total. The first-order valence-corrected chi connectivity index (χ1v) is 10.4. The molecule has 2 rings (SSSR count). The van der Waals surface area contributed by atoms with Crippen molar-refractivity contribution in [3.8, 4) is 5.75 Å². The summed E-state index contributed by atoms with van der Waals surface area (Å²) in [7, 11) is -3.60. The van der Waals surface area contributed by atoms with E-state index in [1.165, 1.54) is 18.2 Å². The van der Waals surface area contributed by atoms with Crippen LogP contribution in [-0.2, 0) is 14.8 Å². The zero-order valence-corrected chi connectivity index (χ0v) is 17.3. The highest BCUT2D eigenvalue weighted by molar-refractivity contribution is 7.89. The van der Waals surface area contributed by atoms with E-state index in [9.17, 15) is 13.2 Å². The van der Waals surface area contributed by atoms with Crippen LogP contribution < -0.4 is 14.8 Å². The van der Waals surface area contributed by atoms with Crippen LogP contribution in [0.4, 0.5) is 5.69 Å². The van der Waals surface area contributed by atoms with E-state index in [-0.39, 0.29) is 10.8 Å². The largest absolute Gasteiger partial charge is 0.494 e. The Balaban J connectivity index is 1.98. The third kappa shape index (κ3) is 6.83. The maximum Gasteiger partial charge on any atom is 0.248 e. The molecule has 7 heteroatoms. The van der Waals surface area contributed by atoms with Gasteiger partial charge in [-0.15, -0.1) is 0 Å². The van der Waals surface area contributed by atoms with Crippen molar-refractivity contribution >= 4 is 27.7 Å². The van der Waals surface area contributed by atoms with Crippen molar-refractivity contribution in [2.75, 3.05) is 11.9 Å². The van der Waals surface area contributed by atoms with Crippen molar-refractivity contribution in [1.29, 1.82) is 0 Å². The average Bonchev–Trinajstić information content (AvgIpc) is 2.60. The third-order valence-electron chi connectivity index (χ3n) is 3.49. The number of hydrogen-bond donors (Lipinski definition) is 2. The average molecular weight is 403 g/mol. The van der Waals surface area contributed by atoms with Crippen LogP contribution in [0.25, 0.3) is 6.08 Å². The Labute approximate surface area is 166 Å². The Bertz CT molecular complexity index is 926. The molecule has 0 aliphatic heterocycles. The Morgan fingerprint density at radius 2 is 1.64 bits per heavy atom. The highest BCUT2D eigenvalue weighted by Gasteiger charge is 2.21. The van der Waals surface area contributed by atoms with Crippen molar-refractivity contribution in [2.45, 2.75) is 38.1 Å². The molecule has 0 radical (unpaired) electrons. The van der Waals surface area contributed by atoms with Gasteiger partial charge in [-0.2, -0.15) is 0 Å². The minimum atomic E-state index is -3.60. The molecule has 0 aliphatic rings. The molecule has 0 spiro atoms. The van der Waals surface area contributed by atoms with Crippen LogP contribution in [0, 0.1) is 0 Å². The molecule has 0 aliphatic carbocycles. The molecule has 0 saturated heterocycles. The van der Waals surface area contributed by atoms with Gasteiger partial charge in [-0.3, -0.25) is 4.79 Å². The smallest absolute Gasteiger partial charge is 0.248 e. The fourth-order valence-corrected chi connectivity index (χ4v) is 3.80. The summed E-state index contributed by atoms with van der Waals surface area (Å²) in [4.78, 5) is 12.2. The minimum absolute atomic E-state index is 0.144. The second kappa shape index (κ2) is 9.03. The first-order valence-electron chi connectivity index (χ1n) is 8.95. The van der Waals surface area contributed by atoms with E-state index in [0.29, 0.717) is 12.3 Å². The summed E-state index contributed by atoms with van der Waals surface area (Å²) < 4.78 is 32.5. The highest BCUT2D eigenvalue weighted by atomic mass is 32.2. The molecule has 0 bridgehead atoms. The van der Waals surface area contributed by atoms with Gasteiger partial charge in [-0.25, -0.2) is 13.1 Å². The summed E-state index contributed by atoms with van der Waals surface area (Å²) in [6.07, 6.45) is 3.11. The maximum absolute atomic E-state index is 12.3. The molecule has 0 atom stereocenters. The fraction of sp³-hybridized carbons (Fsp3) is 0.286. The predicted molar refractivity (Wildman–Crippen MR) is 112 cm³/mol. The quantitative estimate of drug-likeness (QED) is 0.690. The Morgan fingerprint density at radius 1 is 1.04 bits per heavy atom. The lowest BCUT2D eigenvalue weighted by atomic mass is 10.1. The van der Waals surface area contributed by atoms with Crippen molar-refractivity contribution in [3.63, 3.8) is 0 Å². The SMILES string of the molecule is CCOc1ccc(/C=C/C(=O)Nc2ccc(S(=O)(=O)NC(C)(C)C)cc2)cc1. The second-order valence-corrected chi connectivity index (χ2v) is 8.89. The predicted octanol–water partition coefficient (Wildman–Crippen LogP) is 3.81. The summed E-state index contributed by atoms with van der Waals surface area (Å²) in [6, 6.07) is 13.4. The first kappa shape index (κ1) is 21.7. The van der Waals surface area contributed by atoms with E-state index in [0.717, 1.165) is 11.3 Å². The van der Waals surface area contributed by atoms with Crippen LogP contribution in [0.1, 0.15) is 33.3 Å². The van der Waals surface area contributed by atoms with E-state index in [4.69, 9.17) is 4.74 Å². The van der Waals surface area contributed by atoms with Crippen LogP contribution in [0.5, 0.6) is 5.75 Å². The van der Waals surface area contributed by atoms with Gasteiger partial charge in [0.15, 0.2) is 0 Å². The zero-order valence-electron chi connectivity index (χ0n) is 16.5. The summed E-state index contributed by atoms with van der Waals surface area (Å²) in [5.41, 5.74) is 0.807. The highest BCUT2D eigenvalue weighted by Crippen LogP contribution is 2.17. The van der Waals surface area contributed by atoms with Crippen molar-refractivity contribution < 1.29 is 17.9 Å².